The first-order chi connectivity index (χ1) is 18.3. The lowest BCUT2D eigenvalue weighted by Gasteiger charge is -2.34. The molecule has 2 heterocycles. The van der Waals surface area contributed by atoms with E-state index in [0.717, 1.165) is 55.5 Å². The molecule has 0 bridgehead atoms. The van der Waals surface area contributed by atoms with Gasteiger partial charge in [0.15, 0.2) is 0 Å². The predicted octanol–water partition coefficient (Wildman–Crippen LogP) is 5.54. The fourth-order valence-electron chi connectivity index (χ4n) is 5.48. The van der Waals surface area contributed by atoms with Gasteiger partial charge in [-0.05, 0) is 73.7 Å². The monoisotopic (exact) mass is 588 g/mol. The van der Waals surface area contributed by atoms with Crippen LogP contribution in [-0.4, -0.2) is 60.4 Å². The molecule has 7 nitrogen and oxygen atoms in total. The molecule has 208 valence electrons. The molecule has 0 spiro atoms. The van der Waals surface area contributed by atoms with Crippen LogP contribution in [0.3, 0.4) is 0 Å². The second-order valence-electron chi connectivity index (χ2n) is 10.0. The third kappa shape index (κ3) is 6.58. The van der Waals surface area contributed by atoms with Crippen LogP contribution < -0.4 is 5.69 Å². The molecule has 1 saturated heterocycles. The highest BCUT2D eigenvalue weighted by Crippen LogP contribution is 2.29. The zero-order valence-corrected chi connectivity index (χ0v) is 24.3. The van der Waals surface area contributed by atoms with Crippen molar-refractivity contribution in [3.63, 3.8) is 0 Å². The van der Waals surface area contributed by atoms with E-state index in [9.17, 15) is 13.2 Å². The van der Waals surface area contributed by atoms with Gasteiger partial charge in [0.1, 0.15) is 0 Å². The average molecular weight is 590 g/mol. The van der Waals surface area contributed by atoms with E-state index in [1.807, 2.05) is 59.2 Å². The average Bonchev–Trinajstić information content (AvgIpc) is 3.27. The highest BCUT2D eigenvalue weighted by atomic mass is 35.5. The first-order valence-corrected chi connectivity index (χ1v) is 14.8. The minimum absolute atomic E-state index is 0. The summed E-state index contributed by atoms with van der Waals surface area (Å²) < 4.78 is 29.8. The summed E-state index contributed by atoms with van der Waals surface area (Å²) in [5, 5.41) is 0.644. The third-order valence-corrected chi connectivity index (χ3v) is 9.66. The van der Waals surface area contributed by atoms with E-state index in [-0.39, 0.29) is 30.1 Å². The van der Waals surface area contributed by atoms with Crippen LogP contribution in [0, 0.1) is 0 Å². The van der Waals surface area contributed by atoms with Crippen LogP contribution in [0.25, 0.3) is 11.0 Å². The maximum Gasteiger partial charge on any atom is 0.326 e. The Kier molecular flexibility index (Phi) is 9.56. The Labute approximate surface area is 240 Å². The zero-order chi connectivity index (χ0) is 26.7. The molecule has 0 aliphatic carbocycles. The molecule has 1 fully saturated rings. The normalized spacial score (nSPS) is 15.9. The van der Waals surface area contributed by atoms with Crippen LogP contribution in [0.2, 0.25) is 5.02 Å². The van der Waals surface area contributed by atoms with Crippen LogP contribution in [0.1, 0.15) is 36.8 Å². The number of aromatic nitrogens is 2. The van der Waals surface area contributed by atoms with Crippen molar-refractivity contribution in [3.05, 3.63) is 99.9 Å². The molecule has 0 saturated carbocycles. The number of halogens is 2. The van der Waals surface area contributed by atoms with Crippen molar-refractivity contribution >= 4 is 45.1 Å². The summed E-state index contributed by atoms with van der Waals surface area (Å²) in [4.78, 5) is 18.3. The number of para-hydroxylation sites is 2. The molecule has 1 unspecified atom stereocenters. The number of nitrogens with zero attached hydrogens (tertiary/aromatic N) is 3. The van der Waals surface area contributed by atoms with Gasteiger partial charge in [-0.1, -0.05) is 54.1 Å². The lowest BCUT2D eigenvalue weighted by atomic mass is 9.94. The van der Waals surface area contributed by atoms with Crippen molar-refractivity contribution in [2.24, 2.45) is 0 Å². The van der Waals surface area contributed by atoms with E-state index < -0.39 is 10.0 Å². The number of aromatic amines is 1. The number of likely N-dealkylation sites (N-methyl/N-ethyl adjacent to an activating group) is 1. The maximum atomic E-state index is 13.2. The predicted molar refractivity (Wildman–Crippen MR) is 160 cm³/mol. The molecular formula is C29H34Cl2N4O3S. The van der Waals surface area contributed by atoms with Gasteiger partial charge >= 0.3 is 5.69 Å². The number of H-pyrrole nitrogens is 1. The maximum absolute atomic E-state index is 13.2. The summed E-state index contributed by atoms with van der Waals surface area (Å²) in [5.74, 6) is -0.00820. The molecule has 1 aromatic heterocycles. The minimum Gasteiger partial charge on any atom is -0.306 e. The summed E-state index contributed by atoms with van der Waals surface area (Å²) in [5.41, 5.74) is 2.82. The fraction of sp³-hybridized carbons (Fsp3) is 0.345. The molecule has 4 aromatic rings. The number of piperidine rings is 1. The van der Waals surface area contributed by atoms with Gasteiger partial charge in [0.05, 0.1) is 15.9 Å². The Morgan fingerprint density at radius 3 is 2.41 bits per heavy atom. The SMILES string of the molecule is CN(CC(CCN1CCC(n2c(=O)[nH]c3ccccc32)CC1)c1cccc(Cl)c1)S(=O)(=O)c1ccccc1.Cl. The van der Waals surface area contributed by atoms with Crippen molar-refractivity contribution in [1.29, 1.82) is 0 Å². The molecular weight excluding hydrogens is 555 g/mol. The second-order valence-corrected chi connectivity index (χ2v) is 12.5. The number of benzene rings is 3. The summed E-state index contributed by atoms with van der Waals surface area (Å²) in [6.45, 7) is 2.97. The number of hydrogen-bond acceptors (Lipinski definition) is 4. The molecule has 5 rings (SSSR count). The van der Waals surface area contributed by atoms with E-state index in [2.05, 4.69) is 9.88 Å². The molecule has 1 aliphatic heterocycles. The molecule has 39 heavy (non-hydrogen) atoms. The van der Waals surface area contributed by atoms with Crippen LogP contribution >= 0.6 is 24.0 Å². The summed E-state index contributed by atoms with van der Waals surface area (Å²) in [7, 11) is -1.96. The van der Waals surface area contributed by atoms with Crippen molar-refractivity contribution in [2.75, 3.05) is 33.2 Å². The quantitative estimate of drug-likeness (QED) is 0.278. The third-order valence-electron chi connectivity index (χ3n) is 7.59. The summed E-state index contributed by atoms with van der Waals surface area (Å²) in [6.07, 6.45) is 2.59. The van der Waals surface area contributed by atoms with Gasteiger partial charge in [0, 0.05) is 37.7 Å². The molecule has 0 radical (unpaired) electrons. The van der Waals surface area contributed by atoms with Crippen molar-refractivity contribution in [2.45, 2.75) is 36.1 Å². The number of fused-ring (bicyclic) bond motifs is 1. The Bertz CT molecular complexity index is 1550. The van der Waals surface area contributed by atoms with Crippen LogP contribution in [-0.2, 0) is 10.0 Å². The van der Waals surface area contributed by atoms with Crippen molar-refractivity contribution < 1.29 is 8.42 Å². The molecule has 1 atom stereocenters. The van der Waals surface area contributed by atoms with E-state index in [1.165, 1.54) is 4.31 Å². The largest absolute Gasteiger partial charge is 0.326 e. The number of likely N-dealkylation sites (tertiary alicyclic amines) is 1. The first-order valence-electron chi connectivity index (χ1n) is 13.0. The smallest absolute Gasteiger partial charge is 0.306 e. The van der Waals surface area contributed by atoms with E-state index in [0.29, 0.717) is 16.5 Å². The van der Waals surface area contributed by atoms with Gasteiger partial charge in [-0.15, -0.1) is 12.4 Å². The molecule has 10 heteroatoms. The highest BCUT2D eigenvalue weighted by molar-refractivity contribution is 7.89. The van der Waals surface area contributed by atoms with Gasteiger partial charge in [-0.3, -0.25) is 4.57 Å². The Hall–Kier alpha value is -2.62. The lowest BCUT2D eigenvalue weighted by molar-refractivity contribution is 0.180. The van der Waals surface area contributed by atoms with Gasteiger partial charge in [-0.25, -0.2) is 17.5 Å². The Balaban J connectivity index is 0.00000353. The van der Waals surface area contributed by atoms with E-state index in [4.69, 9.17) is 11.6 Å². The number of hydrogen-bond donors (Lipinski definition) is 1. The highest BCUT2D eigenvalue weighted by Gasteiger charge is 2.27. The van der Waals surface area contributed by atoms with Gasteiger partial charge in [0.2, 0.25) is 10.0 Å². The van der Waals surface area contributed by atoms with Crippen LogP contribution in [0.4, 0.5) is 0 Å². The van der Waals surface area contributed by atoms with Crippen LogP contribution in [0.15, 0.2) is 88.6 Å². The number of nitrogens with one attached hydrogen (secondary N) is 1. The van der Waals surface area contributed by atoms with Gasteiger partial charge in [-0.2, -0.15) is 0 Å². The summed E-state index contributed by atoms with van der Waals surface area (Å²) >= 11 is 6.31. The minimum atomic E-state index is -3.60. The van der Waals surface area contributed by atoms with Gasteiger partial charge < -0.3 is 9.88 Å². The van der Waals surface area contributed by atoms with Gasteiger partial charge in [0.25, 0.3) is 0 Å². The second kappa shape index (κ2) is 12.7. The standard InChI is InChI=1S/C29H33ClN4O3S.ClH/c1-32(38(36,37)26-10-3-2-4-11-26)21-23(22-8-7-9-24(30)20-22)14-17-33-18-15-25(16-19-33)34-28-13-6-5-12-27(28)31-29(34)35;/h2-13,20,23,25H,14-19,21H2,1H3,(H,31,35);1H. The molecule has 1 N–H and O–H groups in total. The van der Waals surface area contributed by atoms with E-state index >= 15 is 0 Å². The molecule has 0 amide bonds. The van der Waals surface area contributed by atoms with E-state index in [1.54, 1.807) is 31.3 Å². The van der Waals surface area contributed by atoms with Crippen LogP contribution in [0.5, 0.6) is 0 Å². The lowest BCUT2D eigenvalue weighted by Crippen LogP contribution is -2.38. The zero-order valence-electron chi connectivity index (χ0n) is 21.9. The van der Waals surface area contributed by atoms with Crippen molar-refractivity contribution in [1.82, 2.24) is 18.8 Å². The molecule has 1 aliphatic rings. The number of rotatable bonds is 9. The number of sulfonamides is 1. The molecule has 3 aromatic carbocycles. The fourth-order valence-corrected chi connectivity index (χ4v) is 6.92. The van der Waals surface area contributed by atoms with Crippen molar-refractivity contribution in [3.8, 4) is 0 Å². The first kappa shape index (κ1) is 29.4. The topological polar surface area (TPSA) is 78.4 Å². The Morgan fingerprint density at radius 2 is 1.69 bits per heavy atom. The summed E-state index contributed by atoms with van der Waals surface area (Å²) in [6, 6.07) is 24.3. The Morgan fingerprint density at radius 1 is 1.00 bits per heavy atom. The number of imidazole rings is 1.